The molecule has 1 atom stereocenters. The number of carbonyl (C=O) groups excluding carboxylic acids is 1. The predicted molar refractivity (Wildman–Crippen MR) is 42.8 cm³/mol. The Morgan fingerprint density at radius 3 is 2.73 bits per heavy atom. The van der Waals surface area contributed by atoms with Crippen LogP contribution in [-0.4, -0.2) is 30.1 Å². The highest BCUT2D eigenvalue weighted by Gasteiger charge is 1.96. The van der Waals surface area contributed by atoms with Crippen molar-refractivity contribution in [1.29, 1.82) is 0 Å². The zero-order valence-electron chi connectivity index (χ0n) is 6.17. The van der Waals surface area contributed by atoms with Gasteiger partial charge in [-0.25, -0.2) is 0 Å². The molecule has 0 fully saturated rings. The Labute approximate surface area is 65.8 Å². The van der Waals surface area contributed by atoms with E-state index < -0.39 is 8.03 Å². The molecule has 0 rings (SSSR count). The molecule has 66 valence electrons. The van der Waals surface area contributed by atoms with Gasteiger partial charge < -0.3 is 15.9 Å². The number of amides is 1. The zero-order chi connectivity index (χ0) is 8.69. The first kappa shape index (κ1) is 10.6. The minimum atomic E-state index is -2.37. The van der Waals surface area contributed by atoms with Crippen LogP contribution in [0.2, 0.25) is 0 Å². The van der Waals surface area contributed by atoms with Gasteiger partial charge in [0.15, 0.2) is 8.03 Å². The fraction of sp³-hybridized carbons (Fsp3) is 0.800. The van der Waals surface area contributed by atoms with E-state index in [2.05, 4.69) is 5.32 Å². The lowest BCUT2D eigenvalue weighted by Crippen LogP contribution is -2.31. The third kappa shape index (κ3) is 7.52. The third-order valence-corrected chi connectivity index (χ3v) is 1.86. The minimum Gasteiger partial charge on any atom is -0.355 e. The number of hydrogen-bond acceptors (Lipinski definition) is 3. The molecule has 11 heavy (non-hydrogen) atoms. The molecule has 1 unspecified atom stereocenters. The van der Waals surface area contributed by atoms with Crippen LogP contribution in [0, 0.1) is 0 Å². The summed E-state index contributed by atoms with van der Waals surface area (Å²) in [5.74, 6) is -0.234. The van der Waals surface area contributed by atoms with Gasteiger partial charge in [0.2, 0.25) is 5.91 Å². The standard InChI is InChI=1S/C5H13N2O3P/c6-4-5(8)7-2-1-3-11(9)10/h11H,1-4,6H2,(H,7,8)(H,9,10). The quantitative estimate of drug-likeness (QED) is 0.370. The fourth-order valence-electron chi connectivity index (χ4n) is 0.540. The molecule has 0 aliphatic carbocycles. The first-order chi connectivity index (χ1) is 5.16. The van der Waals surface area contributed by atoms with Crippen LogP contribution in [0.1, 0.15) is 6.42 Å². The topological polar surface area (TPSA) is 92.4 Å². The summed E-state index contributed by atoms with van der Waals surface area (Å²) in [6.07, 6.45) is 0.787. The highest BCUT2D eigenvalue weighted by Crippen LogP contribution is 2.12. The van der Waals surface area contributed by atoms with Crippen molar-refractivity contribution in [3.63, 3.8) is 0 Å². The molecule has 4 N–H and O–H groups in total. The van der Waals surface area contributed by atoms with Crippen LogP contribution in [-0.2, 0) is 9.36 Å². The molecule has 0 aromatic heterocycles. The van der Waals surface area contributed by atoms with E-state index in [0.717, 1.165) is 0 Å². The monoisotopic (exact) mass is 180 g/mol. The summed E-state index contributed by atoms with van der Waals surface area (Å²) < 4.78 is 10.2. The van der Waals surface area contributed by atoms with Gasteiger partial charge in [0.25, 0.3) is 0 Å². The normalized spacial score (nSPS) is 12.5. The van der Waals surface area contributed by atoms with Crippen molar-refractivity contribution < 1.29 is 14.3 Å². The summed E-state index contributed by atoms with van der Waals surface area (Å²) in [6, 6.07) is 0. The average Bonchev–Trinajstić information content (AvgIpc) is 1.97. The second kappa shape index (κ2) is 6.34. The summed E-state index contributed by atoms with van der Waals surface area (Å²) in [6.45, 7) is 0.390. The summed E-state index contributed by atoms with van der Waals surface area (Å²) in [4.78, 5) is 18.9. The van der Waals surface area contributed by atoms with Crippen LogP contribution in [0.4, 0.5) is 0 Å². The molecule has 6 heteroatoms. The van der Waals surface area contributed by atoms with Gasteiger partial charge in [-0.1, -0.05) is 0 Å². The Morgan fingerprint density at radius 2 is 2.27 bits per heavy atom. The Bertz CT molecular complexity index is 151. The highest BCUT2D eigenvalue weighted by atomic mass is 31.1. The van der Waals surface area contributed by atoms with E-state index in [1.54, 1.807) is 0 Å². The van der Waals surface area contributed by atoms with Gasteiger partial charge in [-0.3, -0.25) is 9.36 Å². The van der Waals surface area contributed by atoms with Crippen LogP contribution < -0.4 is 11.1 Å². The van der Waals surface area contributed by atoms with Crippen molar-refractivity contribution in [1.82, 2.24) is 5.32 Å². The van der Waals surface area contributed by atoms with Crippen molar-refractivity contribution in [3.8, 4) is 0 Å². The van der Waals surface area contributed by atoms with Crippen molar-refractivity contribution >= 4 is 13.9 Å². The second-order valence-corrected chi connectivity index (χ2v) is 3.34. The maximum atomic E-state index is 10.5. The lowest BCUT2D eigenvalue weighted by Gasteiger charge is -2.00. The molecule has 0 aromatic carbocycles. The molecule has 0 aliphatic rings. The molecule has 1 amide bonds. The summed E-state index contributed by atoms with van der Waals surface area (Å²) >= 11 is 0. The van der Waals surface area contributed by atoms with Crippen LogP contribution in [0.5, 0.6) is 0 Å². The molecule has 0 bridgehead atoms. The van der Waals surface area contributed by atoms with Crippen molar-refractivity contribution in [2.24, 2.45) is 5.73 Å². The number of hydrogen-bond donors (Lipinski definition) is 3. The molecule has 0 heterocycles. The first-order valence-corrected chi connectivity index (χ1v) is 4.91. The fourth-order valence-corrected chi connectivity index (χ4v) is 1.02. The van der Waals surface area contributed by atoms with Crippen LogP contribution in [0.15, 0.2) is 0 Å². The summed E-state index contributed by atoms with van der Waals surface area (Å²) in [5.41, 5.74) is 5.00. The largest absolute Gasteiger partial charge is 0.355 e. The van der Waals surface area contributed by atoms with Gasteiger partial charge in [0, 0.05) is 12.7 Å². The molecule has 5 nitrogen and oxygen atoms in total. The number of nitrogens with one attached hydrogen (secondary N) is 1. The Balaban J connectivity index is 3.14. The minimum absolute atomic E-state index is 0.0334. The zero-order valence-corrected chi connectivity index (χ0v) is 7.17. The van der Waals surface area contributed by atoms with Gasteiger partial charge >= 0.3 is 0 Å². The Morgan fingerprint density at radius 1 is 1.64 bits per heavy atom. The number of carbonyl (C=O) groups is 1. The van der Waals surface area contributed by atoms with Crippen molar-refractivity contribution in [2.45, 2.75) is 6.42 Å². The maximum absolute atomic E-state index is 10.5. The van der Waals surface area contributed by atoms with E-state index in [4.69, 9.17) is 10.6 Å². The van der Waals surface area contributed by atoms with Crippen molar-refractivity contribution in [2.75, 3.05) is 19.3 Å². The van der Waals surface area contributed by atoms with E-state index >= 15 is 0 Å². The van der Waals surface area contributed by atoms with Crippen LogP contribution in [0.3, 0.4) is 0 Å². The third-order valence-electron chi connectivity index (χ3n) is 1.07. The Hall–Kier alpha value is -0.380. The lowest BCUT2D eigenvalue weighted by molar-refractivity contribution is -0.119. The molecule has 0 spiro atoms. The smallest absolute Gasteiger partial charge is 0.233 e. The molecule has 0 saturated carbocycles. The van der Waals surface area contributed by atoms with E-state index in [1.807, 2.05) is 0 Å². The summed E-state index contributed by atoms with van der Waals surface area (Å²) in [5, 5.41) is 2.49. The first-order valence-electron chi connectivity index (χ1n) is 3.35. The van der Waals surface area contributed by atoms with Crippen LogP contribution in [0.25, 0.3) is 0 Å². The molecular formula is C5H13N2O3P. The van der Waals surface area contributed by atoms with E-state index in [9.17, 15) is 9.36 Å². The van der Waals surface area contributed by atoms with E-state index in [1.165, 1.54) is 0 Å². The predicted octanol–water partition coefficient (Wildman–Crippen LogP) is -1.08. The molecule has 0 aliphatic heterocycles. The molecular weight excluding hydrogens is 167 g/mol. The second-order valence-electron chi connectivity index (χ2n) is 2.05. The van der Waals surface area contributed by atoms with Gasteiger partial charge in [0.1, 0.15) is 0 Å². The molecule has 0 radical (unpaired) electrons. The summed E-state index contributed by atoms with van der Waals surface area (Å²) in [7, 11) is -2.37. The van der Waals surface area contributed by atoms with Gasteiger partial charge in [-0.15, -0.1) is 0 Å². The maximum Gasteiger partial charge on any atom is 0.233 e. The van der Waals surface area contributed by atoms with E-state index in [0.29, 0.717) is 13.0 Å². The van der Waals surface area contributed by atoms with E-state index in [-0.39, 0.29) is 18.6 Å². The highest BCUT2D eigenvalue weighted by molar-refractivity contribution is 7.37. The molecule has 0 saturated heterocycles. The average molecular weight is 180 g/mol. The lowest BCUT2D eigenvalue weighted by atomic mass is 10.4. The SMILES string of the molecule is NCC(=O)NCCC[PH](=O)O. The van der Waals surface area contributed by atoms with Crippen molar-refractivity contribution in [3.05, 3.63) is 0 Å². The van der Waals surface area contributed by atoms with Crippen LogP contribution >= 0.6 is 8.03 Å². The van der Waals surface area contributed by atoms with Gasteiger partial charge in [-0.05, 0) is 6.42 Å². The number of nitrogens with two attached hydrogens (primary N) is 1. The Kier molecular flexibility index (Phi) is 6.12. The van der Waals surface area contributed by atoms with Gasteiger partial charge in [0.05, 0.1) is 6.54 Å². The molecule has 0 aromatic rings. The number of rotatable bonds is 5. The van der Waals surface area contributed by atoms with Gasteiger partial charge in [-0.2, -0.15) is 0 Å².